The number of carbonyl (C=O) groups is 2. The summed E-state index contributed by atoms with van der Waals surface area (Å²) in [7, 11) is 0. The number of carboxylic acids is 1. The molecule has 1 aliphatic heterocycles. The van der Waals surface area contributed by atoms with Gasteiger partial charge in [-0.2, -0.15) is 0 Å². The molecule has 0 saturated carbocycles. The molecule has 1 saturated heterocycles. The van der Waals surface area contributed by atoms with Gasteiger partial charge in [-0.05, 0) is 43.2 Å². The summed E-state index contributed by atoms with van der Waals surface area (Å²) in [6.45, 7) is 4.34. The van der Waals surface area contributed by atoms with Gasteiger partial charge in [0.25, 0.3) is 5.91 Å². The van der Waals surface area contributed by atoms with Crippen molar-refractivity contribution in [2.75, 3.05) is 13.2 Å². The normalized spacial score (nSPS) is 15.0. The van der Waals surface area contributed by atoms with Gasteiger partial charge in [0.2, 0.25) is 0 Å². The lowest BCUT2D eigenvalue weighted by molar-refractivity contribution is -0.140. The lowest BCUT2D eigenvalue weighted by Crippen LogP contribution is -2.33. The molecule has 1 N–H and O–H groups in total. The molecule has 0 spiro atoms. The number of thiocarbonyl (C=S) groups is 1. The van der Waals surface area contributed by atoms with Crippen LogP contribution in [0.1, 0.15) is 23.6 Å². The number of ether oxygens (including phenoxy) is 2. The second kappa shape index (κ2) is 9.77. The average molecular weight is 444 g/mol. The van der Waals surface area contributed by atoms with Crippen molar-refractivity contribution in [3.63, 3.8) is 0 Å². The summed E-state index contributed by atoms with van der Waals surface area (Å²) in [5, 5.41) is 8.95. The number of nitrogens with zero attached hydrogens (tertiary/aromatic N) is 1. The minimum Gasteiger partial charge on any atom is -0.490 e. The molecule has 1 fully saturated rings. The topological polar surface area (TPSA) is 76.1 Å². The summed E-state index contributed by atoms with van der Waals surface area (Å²) in [6.07, 6.45) is 1.67. The quantitative estimate of drug-likeness (QED) is 0.483. The first-order valence-electron chi connectivity index (χ1n) is 9.29. The van der Waals surface area contributed by atoms with Crippen LogP contribution in [0.15, 0.2) is 47.4 Å². The summed E-state index contributed by atoms with van der Waals surface area (Å²) in [5.74, 6) is -0.347. The van der Waals surface area contributed by atoms with Crippen molar-refractivity contribution in [3.05, 3.63) is 64.1 Å². The second-order valence-electron chi connectivity index (χ2n) is 6.58. The lowest BCUT2D eigenvalue weighted by atomic mass is 10.1. The molecule has 0 radical (unpaired) electrons. The van der Waals surface area contributed by atoms with E-state index in [2.05, 4.69) is 6.07 Å². The Morgan fingerprint density at radius 2 is 2.00 bits per heavy atom. The van der Waals surface area contributed by atoms with Crippen LogP contribution < -0.4 is 9.47 Å². The first-order chi connectivity index (χ1) is 14.4. The Balaban J connectivity index is 1.79. The summed E-state index contributed by atoms with van der Waals surface area (Å²) < 4.78 is 11.9. The van der Waals surface area contributed by atoms with E-state index in [1.165, 1.54) is 0 Å². The van der Waals surface area contributed by atoms with E-state index in [1.54, 1.807) is 18.2 Å². The van der Waals surface area contributed by atoms with Gasteiger partial charge in [-0.25, -0.2) is 0 Å². The monoisotopic (exact) mass is 443 g/mol. The van der Waals surface area contributed by atoms with Gasteiger partial charge >= 0.3 is 5.97 Å². The number of hydrogen-bond donors (Lipinski definition) is 1. The number of hydrogen-bond acceptors (Lipinski definition) is 6. The van der Waals surface area contributed by atoms with Crippen LogP contribution in [-0.2, 0) is 16.2 Å². The number of rotatable bonds is 8. The van der Waals surface area contributed by atoms with Crippen molar-refractivity contribution in [1.29, 1.82) is 0 Å². The second-order valence-corrected chi connectivity index (χ2v) is 8.25. The van der Waals surface area contributed by atoms with Crippen LogP contribution in [0.4, 0.5) is 0 Å². The lowest BCUT2D eigenvalue weighted by Gasteiger charge is -2.13. The molecule has 1 heterocycles. The number of amides is 1. The van der Waals surface area contributed by atoms with E-state index < -0.39 is 18.4 Å². The highest BCUT2D eigenvalue weighted by atomic mass is 32.2. The van der Waals surface area contributed by atoms with E-state index in [0.717, 1.165) is 33.4 Å². The highest BCUT2D eigenvalue weighted by Crippen LogP contribution is 2.35. The molecule has 2 aromatic rings. The molecular formula is C22H21NO5S2. The number of aryl methyl sites for hydroxylation is 1. The Morgan fingerprint density at radius 3 is 2.70 bits per heavy atom. The van der Waals surface area contributed by atoms with Crippen LogP contribution in [-0.4, -0.2) is 39.4 Å². The predicted octanol–water partition coefficient (Wildman–Crippen LogP) is 4.26. The Morgan fingerprint density at radius 1 is 1.20 bits per heavy atom. The van der Waals surface area contributed by atoms with Crippen LogP contribution in [0.2, 0.25) is 0 Å². The van der Waals surface area contributed by atoms with Crippen LogP contribution in [0, 0.1) is 6.92 Å². The Labute approximate surface area is 184 Å². The molecular weight excluding hydrogens is 422 g/mol. The molecule has 1 amide bonds. The fourth-order valence-corrected chi connectivity index (χ4v) is 4.14. The van der Waals surface area contributed by atoms with E-state index in [4.69, 9.17) is 26.8 Å². The maximum absolute atomic E-state index is 12.5. The molecule has 156 valence electrons. The van der Waals surface area contributed by atoms with Gasteiger partial charge in [0.05, 0.1) is 11.5 Å². The molecule has 6 nitrogen and oxygen atoms in total. The van der Waals surface area contributed by atoms with Crippen molar-refractivity contribution < 1.29 is 24.2 Å². The maximum atomic E-state index is 12.5. The van der Waals surface area contributed by atoms with Gasteiger partial charge in [0, 0.05) is 0 Å². The van der Waals surface area contributed by atoms with E-state index in [-0.39, 0.29) is 4.32 Å². The third-order valence-electron chi connectivity index (χ3n) is 4.21. The van der Waals surface area contributed by atoms with Crippen LogP contribution in [0.25, 0.3) is 6.08 Å². The highest BCUT2D eigenvalue weighted by molar-refractivity contribution is 8.26. The molecule has 0 unspecified atom stereocenters. The van der Waals surface area contributed by atoms with Crippen LogP contribution in [0.3, 0.4) is 0 Å². The summed E-state index contributed by atoms with van der Waals surface area (Å²) in [5.41, 5.74) is 2.96. The Kier molecular flexibility index (Phi) is 7.12. The van der Waals surface area contributed by atoms with Crippen molar-refractivity contribution in [2.24, 2.45) is 0 Å². The SMILES string of the molecule is CCOc1cc(/C=C2/SC(=S)N(CC(=O)O)C2=O)ccc1OCc1cccc(C)c1. The first-order valence-corrected chi connectivity index (χ1v) is 10.5. The smallest absolute Gasteiger partial charge is 0.323 e. The largest absolute Gasteiger partial charge is 0.490 e. The standard InChI is InChI=1S/C22H21NO5S2/c1-3-27-18-10-15(11-19-21(26)23(12-20(24)25)22(29)30-19)7-8-17(18)28-13-16-6-4-5-14(2)9-16/h4-11H,3,12-13H2,1-2H3,(H,24,25)/b19-11+. The van der Waals surface area contributed by atoms with E-state index in [0.29, 0.717) is 29.6 Å². The van der Waals surface area contributed by atoms with E-state index >= 15 is 0 Å². The van der Waals surface area contributed by atoms with Crippen LogP contribution >= 0.6 is 24.0 Å². The highest BCUT2D eigenvalue weighted by Gasteiger charge is 2.33. The number of benzene rings is 2. The third-order valence-corrected chi connectivity index (χ3v) is 5.59. The molecule has 1 aliphatic rings. The van der Waals surface area contributed by atoms with Gasteiger partial charge in [-0.15, -0.1) is 0 Å². The zero-order valence-corrected chi connectivity index (χ0v) is 18.2. The zero-order valence-electron chi connectivity index (χ0n) is 16.6. The molecule has 0 bridgehead atoms. The van der Waals surface area contributed by atoms with Crippen LogP contribution in [0.5, 0.6) is 11.5 Å². The first kappa shape index (κ1) is 21.9. The Bertz CT molecular complexity index is 1020. The summed E-state index contributed by atoms with van der Waals surface area (Å²) in [4.78, 5) is 24.8. The van der Waals surface area contributed by atoms with Crippen molar-refractivity contribution in [3.8, 4) is 11.5 Å². The average Bonchev–Trinajstić information content (AvgIpc) is 2.95. The minimum absolute atomic E-state index is 0.233. The summed E-state index contributed by atoms with van der Waals surface area (Å²) >= 11 is 6.21. The van der Waals surface area contributed by atoms with Crippen molar-refractivity contribution in [1.82, 2.24) is 4.90 Å². The minimum atomic E-state index is -1.11. The van der Waals surface area contributed by atoms with E-state index in [1.807, 2.05) is 38.1 Å². The van der Waals surface area contributed by atoms with E-state index in [9.17, 15) is 9.59 Å². The van der Waals surface area contributed by atoms with Gasteiger partial charge in [-0.1, -0.05) is 59.9 Å². The van der Waals surface area contributed by atoms with Crippen molar-refractivity contribution in [2.45, 2.75) is 20.5 Å². The number of aliphatic carboxylic acids is 1. The third kappa shape index (κ3) is 5.40. The number of carbonyl (C=O) groups excluding carboxylic acids is 1. The molecule has 30 heavy (non-hydrogen) atoms. The molecule has 0 aliphatic carbocycles. The van der Waals surface area contributed by atoms with Gasteiger partial charge in [-0.3, -0.25) is 14.5 Å². The molecule has 0 atom stereocenters. The van der Waals surface area contributed by atoms with Crippen molar-refractivity contribution >= 4 is 46.3 Å². The molecule has 0 aromatic heterocycles. The maximum Gasteiger partial charge on any atom is 0.323 e. The predicted molar refractivity (Wildman–Crippen MR) is 121 cm³/mol. The molecule has 2 aromatic carbocycles. The van der Waals surface area contributed by atoms with Gasteiger partial charge < -0.3 is 14.6 Å². The number of thioether (sulfide) groups is 1. The number of carboxylic acid groups (broad SMARTS) is 1. The fraction of sp³-hybridized carbons (Fsp3) is 0.227. The fourth-order valence-electron chi connectivity index (χ4n) is 2.89. The zero-order chi connectivity index (χ0) is 21.7. The molecule has 3 rings (SSSR count). The molecule has 8 heteroatoms. The Hall–Kier alpha value is -2.84. The van der Waals surface area contributed by atoms with Gasteiger partial charge in [0.15, 0.2) is 11.5 Å². The van der Waals surface area contributed by atoms with Gasteiger partial charge in [0.1, 0.15) is 17.5 Å². The summed E-state index contributed by atoms with van der Waals surface area (Å²) in [6, 6.07) is 13.5.